The van der Waals surface area contributed by atoms with Crippen LogP contribution >= 0.6 is 0 Å². The molecule has 1 aliphatic rings. The first-order valence-corrected chi connectivity index (χ1v) is 3.86. The predicted molar refractivity (Wildman–Crippen MR) is 39.5 cm³/mol. The summed E-state index contributed by atoms with van der Waals surface area (Å²) in [5.74, 6) is -0.616. The number of ether oxygens (including phenoxy) is 2. The maximum Gasteiger partial charge on any atom is 0.305 e. The van der Waals surface area contributed by atoms with Gasteiger partial charge in [0.15, 0.2) is 0 Å². The van der Waals surface area contributed by atoms with E-state index < -0.39 is 37.2 Å². The lowest BCUT2D eigenvalue weighted by Crippen LogP contribution is -2.35. The molecule has 0 bridgehead atoms. The summed E-state index contributed by atoms with van der Waals surface area (Å²) < 4.78 is 9.40. The maximum atomic E-state index is 10.5. The normalized spacial score (nSPS) is 39.1. The third-order valence-electron chi connectivity index (χ3n) is 1.78. The minimum atomic E-state index is -1.30. The fourth-order valence-electron chi connectivity index (χ4n) is 1.13. The van der Waals surface area contributed by atoms with Gasteiger partial charge in [-0.2, -0.15) is 0 Å². The SMILES string of the molecule is CC(=O)O[C@@H]1O[C@H](CO)[C@H](O)[C@H]1O. The Morgan fingerprint density at radius 3 is 2.46 bits per heavy atom. The number of rotatable bonds is 2. The third kappa shape index (κ3) is 2.16. The highest BCUT2D eigenvalue weighted by atomic mass is 16.7. The van der Waals surface area contributed by atoms with Gasteiger partial charge in [0.05, 0.1) is 6.61 Å². The van der Waals surface area contributed by atoms with Crippen molar-refractivity contribution in [1.82, 2.24) is 0 Å². The summed E-state index contributed by atoms with van der Waals surface area (Å²) in [5, 5.41) is 27.1. The van der Waals surface area contributed by atoms with Gasteiger partial charge in [-0.05, 0) is 0 Å². The summed E-state index contributed by atoms with van der Waals surface area (Å²) in [7, 11) is 0. The number of carbonyl (C=O) groups is 1. The molecule has 0 amide bonds. The molecule has 6 heteroatoms. The Morgan fingerprint density at radius 2 is 2.08 bits per heavy atom. The zero-order chi connectivity index (χ0) is 10.0. The second-order valence-corrected chi connectivity index (χ2v) is 2.82. The Morgan fingerprint density at radius 1 is 1.46 bits per heavy atom. The molecule has 1 aliphatic heterocycles. The summed E-state index contributed by atoms with van der Waals surface area (Å²) in [6.45, 7) is 0.727. The number of aliphatic hydroxyl groups excluding tert-OH is 3. The Labute approximate surface area is 74.7 Å². The van der Waals surface area contributed by atoms with Crippen LogP contribution < -0.4 is 0 Å². The van der Waals surface area contributed by atoms with Crippen LogP contribution in [0.25, 0.3) is 0 Å². The highest BCUT2D eigenvalue weighted by Gasteiger charge is 2.44. The Bertz CT molecular complexity index is 193. The molecule has 1 saturated heterocycles. The van der Waals surface area contributed by atoms with Crippen LogP contribution in [0.5, 0.6) is 0 Å². The summed E-state index contributed by atoms with van der Waals surface area (Å²) in [6.07, 6.45) is -4.63. The van der Waals surface area contributed by atoms with Gasteiger partial charge in [0.2, 0.25) is 6.29 Å². The monoisotopic (exact) mass is 192 g/mol. The average molecular weight is 192 g/mol. The predicted octanol–water partition coefficient (Wildman–Crippen LogP) is -2.01. The van der Waals surface area contributed by atoms with Crippen molar-refractivity contribution in [2.45, 2.75) is 31.5 Å². The zero-order valence-electron chi connectivity index (χ0n) is 7.08. The van der Waals surface area contributed by atoms with E-state index in [2.05, 4.69) is 4.74 Å². The largest absolute Gasteiger partial charge is 0.433 e. The van der Waals surface area contributed by atoms with E-state index in [9.17, 15) is 15.0 Å². The Kier molecular flexibility index (Phi) is 3.21. The van der Waals surface area contributed by atoms with Crippen molar-refractivity contribution < 1.29 is 29.6 Å². The van der Waals surface area contributed by atoms with E-state index >= 15 is 0 Å². The van der Waals surface area contributed by atoms with Crippen molar-refractivity contribution in [2.75, 3.05) is 6.61 Å². The van der Waals surface area contributed by atoms with E-state index in [1.165, 1.54) is 0 Å². The van der Waals surface area contributed by atoms with E-state index in [4.69, 9.17) is 9.84 Å². The van der Waals surface area contributed by atoms with Crippen LogP contribution in [0.2, 0.25) is 0 Å². The lowest BCUT2D eigenvalue weighted by Gasteiger charge is -2.13. The molecule has 6 nitrogen and oxygen atoms in total. The molecule has 0 aromatic heterocycles. The van der Waals surface area contributed by atoms with E-state index in [1.807, 2.05) is 0 Å². The summed E-state index contributed by atoms with van der Waals surface area (Å²) >= 11 is 0. The molecule has 76 valence electrons. The van der Waals surface area contributed by atoms with Crippen LogP contribution in [0.4, 0.5) is 0 Å². The van der Waals surface area contributed by atoms with Gasteiger partial charge in [-0.25, -0.2) is 0 Å². The van der Waals surface area contributed by atoms with Crippen LogP contribution in [0.3, 0.4) is 0 Å². The summed E-state index contributed by atoms with van der Waals surface area (Å²) in [4.78, 5) is 10.5. The standard InChI is InChI=1S/C7H12O6/c1-3(9)12-7-6(11)5(10)4(2-8)13-7/h4-8,10-11H,2H2,1H3/t4-,5+,6-,7-/m1/s1. The smallest absolute Gasteiger partial charge is 0.305 e. The number of carbonyl (C=O) groups excluding carboxylic acids is 1. The van der Waals surface area contributed by atoms with Gasteiger partial charge in [-0.1, -0.05) is 0 Å². The minimum absolute atomic E-state index is 0.435. The van der Waals surface area contributed by atoms with Crippen LogP contribution in [0.15, 0.2) is 0 Å². The first-order chi connectivity index (χ1) is 6.06. The molecule has 0 radical (unpaired) electrons. The van der Waals surface area contributed by atoms with E-state index in [0.29, 0.717) is 0 Å². The van der Waals surface area contributed by atoms with E-state index in [0.717, 1.165) is 6.92 Å². The number of hydrogen-bond acceptors (Lipinski definition) is 6. The molecule has 13 heavy (non-hydrogen) atoms. The summed E-state index contributed by atoms with van der Waals surface area (Å²) in [5.41, 5.74) is 0. The van der Waals surface area contributed by atoms with Crippen molar-refractivity contribution in [3.05, 3.63) is 0 Å². The van der Waals surface area contributed by atoms with Gasteiger partial charge in [-0.15, -0.1) is 0 Å². The molecule has 0 aromatic rings. The second kappa shape index (κ2) is 4.01. The number of esters is 1. The molecule has 0 aliphatic carbocycles. The molecule has 1 rings (SSSR count). The molecular weight excluding hydrogens is 180 g/mol. The van der Waals surface area contributed by atoms with Gasteiger partial charge in [0.25, 0.3) is 0 Å². The van der Waals surface area contributed by atoms with Crippen molar-refractivity contribution in [1.29, 1.82) is 0 Å². The fraction of sp³-hybridized carbons (Fsp3) is 0.857. The van der Waals surface area contributed by atoms with Crippen molar-refractivity contribution >= 4 is 5.97 Å². The van der Waals surface area contributed by atoms with Crippen LogP contribution in [0.1, 0.15) is 6.92 Å². The van der Waals surface area contributed by atoms with Gasteiger partial charge in [0, 0.05) is 6.92 Å². The second-order valence-electron chi connectivity index (χ2n) is 2.82. The molecule has 1 fully saturated rings. The molecule has 0 spiro atoms. The van der Waals surface area contributed by atoms with Crippen LogP contribution in [-0.4, -0.2) is 52.5 Å². The molecule has 1 heterocycles. The van der Waals surface area contributed by atoms with Crippen LogP contribution in [0, 0.1) is 0 Å². The minimum Gasteiger partial charge on any atom is -0.433 e. The van der Waals surface area contributed by atoms with Gasteiger partial charge >= 0.3 is 5.97 Å². The Hall–Kier alpha value is -0.690. The van der Waals surface area contributed by atoms with Crippen LogP contribution in [-0.2, 0) is 14.3 Å². The van der Waals surface area contributed by atoms with E-state index in [-0.39, 0.29) is 0 Å². The average Bonchev–Trinajstić information content (AvgIpc) is 2.32. The molecule has 0 aromatic carbocycles. The highest BCUT2D eigenvalue weighted by Crippen LogP contribution is 2.21. The molecule has 3 N–H and O–H groups in total. The lowest BCUT2D eigenvalue weighted by atomic mass is 10.1. The molecule has 0 saturated carbocycles. The molecular formula is C7H12O6. The highest BCUT2D eigenvalue weighted by molar-refractivity contribution is 5.66. The third-order valence-corrected chi connectivity index (χ3v) is 1.78. The van der Waals surface area contributed by atoms with Crippen molar-refractivity contribution in [3.63, 3.8) is 0 Å². The first-order valence-electron chi connectivity index (χ1n) is 3.86. The van der Waals surface area contributed by atoms with E-state index in [1.54, 1.807) is 0 Å². The Balaban J connectivity index is 2.55. The van der Waals surface area contributed by atoms with Gasteiger partial charge in [-0.3, -0.25) is 4.79 Å². The topological polar surface area (TPSA) is 96.2 Å². The van der Waals surface area contributed by atoms with Crippen molar-refractivity contribution in [3.8, 4) is 0 Å². The molecule has 0 unspecified atom stereocenters. The lowest BCUT2D eigenvalue weighted by molar-refractivity contribution is -0.187. The molecule has 4 atom stereocenters. The fourth-order valence-corrected chi connectivity index (χ4v) is 1.13. The van der Waals surface area contributed by atoms with Gasteiger partial charge in [0.1, 0.15) is 18.3 Å². The quantitative estimate of drug-likeness (QED) is 0.437. The zero-order valence-corrected chi connectivity index (χ0v) is 7.08. The first kappa shape index (κ1) is 10.4. The maximum absolute atomic E-state index is 10.5. The number of aliphatic hydroxyl groups is 3. The van der Waals surface area contributed by atoms with Crippen molar-refractivity contribution in [2.24, 2.45) is 0 Å². The summed E-state index contributed by atoms with van der Waals surface area (Å²) in [6, 6.07) is 0. The number of hydrogen-bond donors (Lipinski definition) is 3. The van der Waals surface area contributed by atoms with Gasteiger partial charge < -0.3 is 24.8 Å².